The molecule has 64 valence electrons. The summed E-state index contributed by atoms with van der Waals surface area (Å²) in [5.74, 6) is 5.67. The Hall–Kier alpha value is -1.55. The van der Waals surface area contributed by atoms with Gasteiger partial charge < -0.3 is 10.2 Å². The Bertz CT molecular complexity index is 286. The van der Waals surface area contributed by atoms with Crippen molar-refractivity contribution in [1.29, 1.82) is 0 Å². The zero-order valence-electron chi connectivity index (χ0n) is 6.70. The molecule has 0 aliphatic carbocycles. The van der Waals surface area contributed by atoms with Gasteiger partial charge in [-0.05, 0) is 12.1 Å². The smallest absolute Gasteiger partial charge is 0.153 e. The van der Waals surface area contributed by atoms with Crippen molar-refractivity contribution in [3.8, 4) is 5.75 Å². The SMILES string of the molecule is COc1c(C=O)cccc1NN. The molecule has 0 fully saturated rings. The Morgan fingerprint density at radius 1 is 1.58 bits per heavy atom. The lowest BCUT2D eigenvalue weighted by molar-refractivity contribution is 0.112. The van der Waals surface area contributed by atoms with E-state index in [0.29, 0.717) is 17.0 Å². The number of nitrogen functional groups attached to an aromatic ring is 1. The molecule has 0 saturated heterocycles. The highest BCUT2D eigenvalue weighted by Crippen LogP contribution is 2.26. The van der Waals surface area contributed by atoms with Crippen LogP contribution in [0.4, 0.5) is 5.69 Å². The zero-order valence-corrected chi connectivity index (χ0v) is 6.70. The molecule has 1 aromatic rings. The minimum atomic E-state index is 0.468. The number of nitrogens with one attached hydrogen (secondary N) is 1. The molecule has 0 aliphatic heterocycles. The molecule has 3 N–H and O–H groups in total. The van der Waals surface area contributed by atoms with Gasteiger partial charge in [-0.25, -0.2) is 0 Å². The number of hydrazine groups is 1. The number of methoxy groups -OCH3 is 1. The predicted molar refractivity (Wildman–Crippen MR) is 46.2 cm³/mol. The molecule has 12 heavy (non-hydrogen) atoms. The van der Waals surface area contributed by atoms with Crippen LogP contribution in [0.15, 0.2) is 18.2 Å². The quantitative estimate of drug-likeness (QED) is 0.396. The maximum absolute atomic E-state index is 10.5. The van der Waals surface area contributed by atoms with Gasteiger partial charge in [0.1, 0.15) is 0 Å². The van der Waals surface area contributed by atoms with Gasteiger partial charge in [0.25, 0.3) is 0 Å². The van der Waals surface area contributed by atoms with Crippen molar-refractivity contribution in [2.75, 3.05) is 12.5 Å². The second-order valence-corrected chi connectivity index (χ2v) is 2.19. The van der Waals surface area contributed by atoms with Crippen molar-refractivity contribution in [1.82, 2.24) is 0 Å². The first-order valence-corrected chi connectivity index (χ1v) is 3.42. The van der Waals surface area contributed by atoms with Crippen molar-refractivity contribution >= 4 is 12.0 Å². The summed E-state index contributed by atoms with van der Waals surface area (Å²) in [7, 11) is 1.49. The third-order valence-corrected chi connectivity index (χ3v) is 1.53. The van der Waals surface area contributed by atoms with E-state index in [1.165, 1.54) is 7.11 Å². The average molecular weight is 166 g/mol. The Balaban J connectivity index is 3.21. The summed E-state index contributed by atoms with van der Waals surface area (Å²) in [5, 5.41) is 0. The molecule has 1 rings (SSSR count). The molecule has 0 radical (unpaired) electrons. The van der Waals surface area contributed by atoms with Gasteiger partial charge in [-0.1, -0.05) is 6.07 Å². The van der Waals surface area contributed by atoms with Gasteiger partial charge in [0.2, 0.25) is 0 Å². The maximum Gasteiger partial charge on any atom is 0.153 e. The van der Waals surface area contributed by atoms with Crippen molar-refractivity contribution in [3.05, 3.63) is 23.8 Å². The molecule has 0 atom stereocenters. The molecule has 4 nitrogen and oxygen atoms in total. The third kappa shape index (κ3) is 1.38. The molecule has 0 saturated carbocycles. The van der Waals surface area contributed by atoms with E-state index in [-0.39, 0.29) is 0 Å². The molecule has 0 spiro atoms. The van der Waals surface area contributed by atoms with E-state index in [9.17, 15) is 4.79 Å². The number of nitrogens with two attached hydrogens (primary N) is 1. The van der Waals surface area contributed by atoms with E-state index in [4.69, 9.17) is 10.6 Å². The molecule has 0 heterocycles. The monoisotopic (exact) mass is 166 g/mol. The number of rotatable bonds is 3. The van der Waals surface area contributed by atoms with Crippen LogP contribution in [-0.4, -0.2) is 13.4 Å². The molecule has 0 bridgehead atoms. The first-order valence-electron chi connectivity index (χ1n) is 3.42. The molecule has 0 amide bonds. The number of ether oxygens (including phenoxy) is 1. The number of carbonyl (C=O) groups is 1. The van der Waals surface area contributed by atoms with Gasteiger partial charge in [-0.2, -0.15) is 0 Å². The number of hydrogen-bond acceptors (Lipinski definition) is 4. The van der Waals surface area contributed by atoms with E-state index >= 15 is 0 Å². The standard InChI is InChI=1S/C8H10N2O2/c1-12-8-6(5-11)3-2-4-7(8)10-9/h2-5,10H,9H2,1H3. The second kappa shape index (κ2) is 3.73. The molecule has 1 aromatic carbocycles. The van der Waals surface area contributed by atoms with Gasteiger partial charge in [0.15, 0.2) is 12.0 Å². The van der Waals surface area contributed by atoms with Gasteiger partial charge >= 0.3 is 0 Å². The largest absolute Gasteiger partial charge is 0.494 e. The molecule has 0 unspecified atom stereocenters. The Morgan fingerprint density at radius 3 is 2.83 bits per heavy atom. The predicted octanol–water partition coefficient (Wildman–Crippen LogP) is 0.793. The van der Waals surface area contributed by atoms with E-state index in [1.807, 2.05) is 0 Å². The minimum Gasteiger partial charge on any atom is -0.494 e. The van der Waals surface area contributed by atoms with Gasteiger partial charge in [0.05, 0.1) is 18.4 Å². The zero-order chi connectivity index (χ0) is 8.97. The molecular formula is C8H10N2O2. The molecule has 0 aromatic heterocycles. The van der Waals surface area contributed by atoms with Crippen LogP contribution in [0.25, 0.3) is 0 Å². The number of aldehydes is 1. The fourth-order valence-corrected chi connectivity index (χ4v) is 0.989. The number of hydrogen-bond donors (Lipinski definition) is 2. The van der Waals surface area contributed by atoms with Crippen LogP contribution < -0.4 is 16.0 Å². The van der Waals surface area contributed by atoms with Gasteiger partial charge in [-0.15, -0.1) is 0 Å². The second-order valence-electron chi connectivity index (χ2n) is 2.19. The topological polar surface area (TPSA) is 64.3 Å². The normalized spacial score (nSPS) is 9.17. The van der Waals surface area contributed by atoms with E-state index in [0.717, 1.165) is 6.29 Å². The van der Waals surface area contributed by atoms with Gasteiger partial charge in [0, 0.05) is 0 Å². The highest BCUT2D eigenvalue weighted by atomic mass is 16.5. The average Bonchev–Trinajstić information content (AvgIpc) is 2.16. The number of anilines is 1. The highest BCUT2D eigenvalue weighted by Gasteiger charge is 2.05. The first kappa shape index (κ1) is 8.55. The first-order chi connectivity index (χ1) is 5.83. The van der Waals surface area contributed by atoms with Crippen LogP contribution in [0.2, 0.25) is 0 Å². The summed E-state index contributed by atoms with van der Waals surface area (Å²) >= 11 is 0. The summed E-state index contributed by atoms with van der Waals surface area (Å²) in [5.41, 5.74) is 3.52. The lowest BCUT2D eigenvalue weighted by Gasteiger charge is -2.08. The van der Waals surface area contributed by atoms with E-state index in [2.05, 4.69) is 5.43 Å². The Labute approximate surface area is 70.3 Å². The van der Waals surface area contributed by atoms with Crippen LogP contribution in [0.5, 0.6) is 5.75 Å². The van der Waals surface area contributed by atoms with Crippen molar-refractivity contribution in [3.63, 3.8) is 0 Å². The minimum absolute atomic E-state index is 0.468. The summed E-state index contributed by atoms with van der Waals surface area (Å²) in [6, 6.07) is 5.11. The van der Waals surface area contributed by atoms with Crippen LogP contribution in [0.1, 0.15) is 10.4 Å². The summed E-state index contributed by atoms with van der Waals surface area (Å²) in [6.07, 6.45) is 0.722. The van der Waals surface area contributed by atoms with Crippen molar-refractivity contribution in [2.45, 2.75) is 0 Å². The Morgan fingerprint density at radius 2 is 2.33 bits per heavy atom. The highest BCUT2D eigenvalue weighted by molar-refractivity contribution is 5.83. The van der Waals surface area contributed by atoms with E-state index < -0.39 is 0 Å². The number of carbonyl (C=O) groups excluding carboxylic acids is 1. The molecule has 4 heteroatoms. The molecule has 0 aliphatic rings. The number of para-hydroxylation sites is 1. The molecular weight excluding hydrogens is 156 g/mol. The fraction of sp³-hybridized carbons (Fsp3) is 0.125. The Kier molecular flexibility index (Phi) is 2.66. The fourth-order valence-electron chi connectivity index (χ4n) is 0.989. The number of benzene rings is 1. The van der Waals surface area contributed by atoms with E-state index in [1.54, 1.807) is 18.2 Å². The van der Waals surface area contributed by atoms with Crippen LogP contribution in [0, 0.1) is 0 Å². The van der Waals surface area contributed by atoms with Crippen molar-refractivity contribution in [2.24, 2.45) is 5.84 Å². The maximum atomic E-state index is 10.5. The van der Waals surface area contributed by atoms with Crippen LogP contribution in [0.3, 0.4) is 0 Å². The summed E-state index contributed by atoms with van der Waals surface area (Å²) < 4.78 is 4.98. The lowest BCUT2D eigenvalue weighted by Crippen LogP contribution is -2.08. The van der Waals surface area contributed by atoms with Crippen LogP contribution in [-0.2, 0) is 0 Å². The van der Waals surface area contributed by atoms with Crippen LogP contribution >= 0.6 is 0 Å². The summed E-state index contributed by atoms with van der Waals surface area (Å²) in [6.45, 7) is 0. The van der Waals surface area contributed by atoms with Crippen molar-refractivity contribution < 1.29 is 9.53 Å². The third-order valence-electron chi connectivity index (χ3n) is 1.53. The lowest BCUT2D eigenvalue weighted by atomic mass is 10.2. The summed E-state index contributed by atoms with van der Waals surface area (Å²) in [4.78, 5) is 10.5. The van der Waals surface area contributed by atoms with Gasteiger partial charge in [-0.3, -0.25) is 10.6 Å².